The summed E-state index contributed by atoms with van der Waals surface area (Å²) in [5.74, 6) is -0.204. The van der Waals surface area contributed by atoms with Crippen molar-refractivity contribution in [2.75, 3.05) is 13.7 Å². The number of ether oxygens (including phenoxy) is 1. The molecule has 3 nitrogen and oxygen atoms in total. The minimum absolute atomic E-state index is 0.0721. The van der Waals surface area contributed by atoms with Gasteiger partial charge >= 0.3 is 6.18 Å². The zero-order chi connectivity index (χ0) is 14.1. The predicted molar refractivity (Wildman–Crippen MR) is 63.0 cm³/mol. The number of para-hydroxylation sites is 1. The third kappa shape index (κ3) is 2.67. The van der Waals surface area contributed by atoms with Gasteiger partial charge in [0.15, 0.2) is 0 Å². The van der Waals surface area contributed by atoms with Gasteiger partial charge in [-0.1, -0.05) is 12.1 Å². The van der Waals surface area contributed by atoms with Crippen molar-refractivity contribution in [2.24, 2.45) is 5.41 Å². The number of benzene rings is 1. The molecule has 1 aromatic rings. The van der Waals surface area contributed by atoms with Crippen LogP contribution in [0.5, 0.6) is 5.75 Å². The van der Waals surface area contributed by atoms with E-state index in [1.165, 1.54) is 13.2 Å². The van der Waals surface area contributed by atoms with Crippen LogP contribution >= 0.6 is 0 Å². The number of hydrogen-bond acceptors (Lipinski definition) is 2. The Morgan fingerprint density at radius 1 is 1.37 bits per heavy atom. The van der Waals surface area contributed by atoms with Crippen molar-refractivity contribution in [3.63, 3.8) is 0 Å². The summed E-state index contributed by atoms with van der Waals surface area (Å²) in [7, 11) is 1.41. The van der Waals surface area contributed by atoms with E-state index >= 15 is 0 Å². The summed E-state index contributed by atoms with van der Waals surface area (Å²) in [5, 5.41) is 2.34. The number of nitrogens with one attached hydrogen (secondary N) is 1. The van der Waals surface area contributed by atoms with Crippen LogP contribution in [0.3, 0.4) is 0 Å². The van der Waals surface area contributed by atoms with E-state index in [0.29, 0.717) is 5.75 Å². The molecule has 0 unspecified atom stereocenters. The average Bonchev–Trinajstić information content (AvgIpc) is 3.16. The zero-order valence-corrected chi connectivity index (χ0v) is 10.4. The van der Waals surface area contributed by atoms with Crippen molar-refractivity contribution in [3.05, 3.63) is 29.8 Å². The van der Waals surface area contributed by atoms with Gasteiger partial charge in [0, 0.05) is 6.54 Å². The second kappa shape index (κ2) is 4.75. The molecule has 0 bridgehead atoms. The first-order valence-electron chi connectivity index (χ1n) is 5.88. The molecule has 0 atom stereocenters. The Morgan fingerprint density at radius 2 is 2.00 bits per heavy atom. The van der Waals surface area contributed by atoms with E-state index in [4.69, 9.17) is 4.74 Å². The summed E-state index contributed by atoms with van der Waals surface area (Å²) in [4.78, 5) is 11.9. The molecule has 1 aliphatic carbocycles. The van der Waals surface area contributed by atoms with E-state index in [0.717, 1.165) is 0 Å². The number of halogens is 3. The first-order valence-corrected chi connectivity index (χ1v) is 5.88. The zero-order valence-electron chi connectivity index (χ0n) is 10.4. The first-order chi connectivity index (χ1) is 8.89. The van der Waals surface area contributed by atoms with Crippen LogP contribution in [0.25, 0.3) is 0 Å². The van der Waals surface area contributed by atoms with Crippen molar-refractivity contribution >= 4 is 5.91 Å². The van der Waals surface area contributed by atoms with Crippen LogP contribution in [0.1, 0.15) is 23.2 Å². The molecule has 1 N–H and O–H groups in total. The Labute approximate surface area is 108 Å². The van der Waals surface area contributed by atoms with Gasteiger partial charge in [-0.3, -0.25) is 4.79 Å². The summed E-state index contributed by atoms with van der Waals surface area (Å²) in [6.45, 7) is -0.382. The topological polar surface area (TPSA) is 38.3 Å². The van der Waals surface area contributed by atoms with Crippen LogP contribution < -0.4 is 10.1 Å². The standard InChI is InChI=1S/C13H14F3NO2/c1-19-10-5-3-2-4-9(10)11(18)17-8-12(6-7-12)13(14,15)16/h2-5H,6-8H2,1H3,(H,17,18). The van der Waals surface area contributed by atoms with E-state index < -0.39 is 17.5 Å². The number of rotatable bonds is 4. The lowest BCUT2D eigenvalue weighted by atomic mass is 10.1. The molecule has 0 spiro atoms. The van der Waals surface area contributed by atoms with E-state index in [9.17, 15) is 18.0 Å². The fourth-order valence-electron chi connectivity index (χ4n) is 1.89. The highest BCUT2D eigenvalue weighted by Gasteiger charge is 2.63. The number of amides is 1. The molecular formula is C13H14F3NO2. The minimum atomic E-state index is -4.26. The quantitative estimate of drug-likeness (QED) is 0.916. The number of carbonyl (C=O) groups is 1. The van der Waals surface area contributed by atoms with E-state index in [1.54, 1.807) is 18.2 Å². The Kier molecular flexibility index (Phi) is 3.43. The van der Waals surface area contributed by atoms with Crippen LogP contribution in [0, 0.1) is 5.41 Å². The molecular weight excluding hydrogens is 259 g/mol. The van der Waals surface area contributed by atoms with Crippen LogP contribution in [-0.2, 0) is 0 Å². The van der Waals surface area contributed by atoms with Gasteiger partial charge in [-0.25, -0.2) is 0 Å². The van der Waals surface area contributed by atoms with Crippen LogP contribution in [0.2, 0.25) is 0 Å². The molecule has 2 rings (SSSR count). The third-order valence-corrected chi connectivity index (χ3v) is 3.39. The highest BCUT2D eigenvalue weighted by Crippen LogP contribution is 2.57. The smallest absolute Gasteiger partial charge is 0.396 e. The molecule has 0 saturated heterocycles. The van der Waals surface area contributed by atoms with Gasteiger partial charge in [0.25, 0.3) is 5.91 Å². The molecule has 19 heavy (non-hydrogen) atoms. The highest BCUT2D eigenvalue weighted by atomic mass is 19.4. The summed E-state index contributed by atoms with van der Waals surface area (Å²) >= 11 is 0. The largest absolute Gasteiger partial charge is 0.496 e. The van der Waals surface area contributed by atoms with Crippen molar-refractivity contribution < 1.29 is 22.7 Å². The molecule has 1 aliphatic rings. The summed E-state index contributed by atoms with van der Waals surface area (Å²) < 4.78 is 43.2. The van der Waals surface area contributed by atoms with Crippen molar-refractivity contribution in [2.45, 2.75) is 19.0 Å². The lowest BCUT2D eigenvalue weighted by molar-refractivity contribution is -0.184. The van der Waals surface area contributed by atoms with Gasteiger partial charge in [-0.05, 0) is 25.0 Å². The predicted octanol–water partition coefficient (Wildman–Crippen LogP) is 2.77. The first kappa shape index (κ1) is 13.7. The summed E-state index contributed by atoms with van der Waals surface area (Å²) in [6.07, 6.45) is -4.12. The van der Waals surface area contributed by atoms with Crippen molar-refractivity contribution in [1.82, 2.24) is 5.32 Å². The third-order valence-electron chi connectivity index (χ3n) is 3.39. The maximum absolute atomic E-state index is 12.7. The lowest BCUT2D eigenvalue weighted by Gasteiger charge is -2.19. The van der Waals surface area contributed by atoms with Gasteiger partial charge in [-0.15, -0.1) is 0 Å². The van der Waals surface area contributed by atoms with Crippen LogP contribution in [0.4, 0.5) is 13.2 Å². The van der Waals surface area contributed by atoms with E-state index in [-0.39, 0.29) is 24.9 Å². The Hall–Kier alpha value is -1.72. The molecule has 1 fully saturated rings. The van der Waals surface area contributed by atoms with Crippen LogP contribution in [0.15, 0.2) is 24.3 Å². The minimum Gasteiger partial charge on any atom is -0.496 e. The molecule has 1 amide bonds. The molecule has 0 radical (unpaired) electrons. The van der Waals surface area contributed by atoms with Crippen LogP contribution in [-0.4, -0.2) is 25.7 Å². The second-order valence-electron chi connectivity index (χ2n) is 4.66. The SMILES string of the molecule is COc1ccccc1C(=O)NCC1(C(F)(F)F)CC1. The lowest BCUT2D eigenvalue weighted by Crippen LogP contribution is -2.38. The molecule has 0 aliphatic heterocycles. The Morgan fingerprint density at radius 3 is 2.53 bits per heavy atom. The monoisotopic (exact) mass is 273 g/mol. The Balaban J connectivity index is 2.03. The van der Waals surface area contributed by atoms with Gasteiger partial charge in [-0.2, -0.15) is 13.2 Å². The molecule has 0 heterocycles. The number of alkyl halides is 3. The van der Waals surface area contributed by atoms with Gasteiger partial charge in [0.05, 0.1) is 18.1 Å². The van der Waals surface area contributed by atoms with Gasteiger partial charge < -0.3 is 10.1 Å². The normalized spacial score (nSPS) is 16.8. The second-order valence-corrected chi connectivity index (χ2v) is 4.66. The molecule has 1 aromatic carbocycles. The maximum Gasteiger partial charge on any atom is 0.396 e. The average molecular weight is 273 g/mol. The molecule has 0 aromatic heterocycles. The molecule has 104 valence electrons. The highest BCUT2D eigenvalue weighted by molar-refractivity contribution is 5.96. The van der Waals surface area contributed by atoms with Crippen molar-refractivity contribution in [3.8, 4) is 5.75 Å². The van der Waals surface area contributed by atoms with Gasteiger partial charge in [0.2, 0.25) is 0 Å². The fraction of sp³-hybridized carbons (Fsp3) is 0.462. The van der Waals surface area contributed by atoms with E-state index in [2.05, 4.69) is 5.32 Å². The number of hydrogen-bond donors (Lipinski definition) is 1. The number of carbonyl (C=O) groups excluding carboxylic acids is 1. The van der Waals surface area contributed by atoms with E-state index in [1.807, 2.05) is 0 Å². The van der Waals surface area contributed by atoms with Crippen molar-refractivity contribution in [1.29, 1.82) is 0 Å². The summed E-state index contributed by atoms with van der Waals surface area (Å²) in [5.41, 5.74) is -1.49. The summed E-state index contributed by atoms with van der Waals surface area (Å²) in [6, 6.07) is 6.43. The maximum atomic E-state index is 12.7. The molecule has 6 heteroatoms. The number of methoxy groups -OCH3 is 1. The fourth-order valence-corrected chi connectivity index (χ4v) is 1.89. The Bertz CT molecular complexity index is 481. The molecule has 1 saturated carbocycles. The van der Waals surface area contributed by atoms with Gasteiger partial charge in [0.1, 0.15) is 5.75 Å².